The Labute approximate surface area is 158 Å². The number of hydrogen-bond donors (Lipinski definition) is 2. The van der Waals surface area contributed by atoms with E-state index in [0.29, 0.717) is 12.0 Å². The number of nitrogens with one attached hydrogen (secondary N) is 2. The molecular weight excluding hydrogens is 350 g/mol. The number of carbonyl (C=O) groups excluding carboxylic acids is 2. The van der Waals surface area contributed by atoms with Crippen LogP contribution in [0.25, 0.3) is 0 Å². The van der Waals surface area contributed by atoms with Gasteiger partial charge in [-0.15, -0.1) is 11.3 Å². The molecule has 0 saturated carbocycles. The van der Waals surface area contributed by atoms with Crippen molar-refractivity contribution in [2.45, 2.75) is 44.9 Å². The third-order valence-corrected chi connectivity index (χ3v) is 6.68. The van der Waals surface area contributed by atoms with Crippen LogP contribution in [0.5, 0.6) is 0 Å². The molecule has 26 heavy (non-hydrogen) atoms. The van der Waals surface area contributed by atoms with E-state index in [0.717, 1.165) is 68.7 Å². The van der Waals surface area contributed by atoms with Crippen LogP contribution in [0.2, 0.25) is 0 Å². The number of carbonyl (C=O) groups is 2. The predicted molar refractivity (Wildman–Crippen MR) is 99.2 cm³/mol. The van der Waals surface area contributed by atoms with E-state index in [1.807, 2.05) is 0 Å². The number of nitriles is 1. The molecule has 1 aromatic rings. The monoisotopic (exact) mass is 376 g/mol. The van der Waals surface area contributed by atoms with E-state index in [1.165, 1.54) is 16.9 Å². The van der Waals surface area contributed by atoms with E-state index in [1.54, 1.807) is 11.3 Å². The Morgan fingerprint density at radius 1 is 1.31 bits per heavy atom. The molecule has 1 aliphatic carbocycles. The Kier molecular flexibility index (Phi) is 6.28. The molecule has 7 heteroatoms. The maximum atomic E-state index is 12.4. The smallest absolute Gasteiger partial charge is 0.309 e. The lowest BCUT2D eigenvalue weighted by Gasteiger charge is -2.27. The molecule has 1 aliphatic heterocycles. The lowest BCUT2D eigenvalue weighted by Crippen LogP contribution is -3.13. The molecule has 6 nitrogen and oxygen atoms in total. The van der Waals surface area contributed by atoms with Crippen LogP contribution in [-0.4, -0.2) is 38.6 Å². The Hall–Kier alpha value is -1.91. The fourth-order valence-electron chi connectivity index (χ4n) is 3.93. The van der Waals surface area contributed by atoms with Gasteiger partial charge in [0, 0.05) is 17.7 Å². The molecule has 0 spiro atoms. The summed E-state index contributed by atoms with van der Waals surface area (Å²) in [5.41, 5.74) is 1.82. The number of fused-ring (bicyclic) bond motifs is 1. The Morgan fingerprint density at radius 2 is 2.04 bits per heavy atom. The van der Waals surface area contributed by atoms with E-state index < -0.39 is 0 Å². The van der Waals surface area contributed by atoms with Crippen molar-refractivity contribution in [2.24, 2.45) is 5.92 Å². The van der Waals surface area contributed by atoms with Crippen LogP contribution in [0, 0.1) is 17.2 Å². The molecule has 1 aromatic heterocycles. The second-order valence-corrected chi connectivity index (χ2v) is 8.23. The van der Waals surface area contributed by atoms with Crippen LogP contribution in [-0.2, 0) is 27.2 Å². The highest BCUT2D eigenvalue weighted by molar-refractivity contribution is 7.16. The van der Waals surface area contributed by atoms with Crippen LogP contribution in [0.15, 0.2) is 0 Å². The van der Waals surface area contributed by atoms with E-state index >= 15 is 0 Å². The molecule has 1 amide bonds. The highest BCUT2D eigenvalue weighted by Crippen LogP contribution is 2.37. The van der Waals surface area contributed by atoms with Crippen LogP contribution >= 0.6 is 11.3 Å². The summed E-state index contributed by atoms with van der Waals surface area (Å²) < 4.78 is 4.81. The fraction of sp³-hybridized carbons (Fsp3) is 0.632. The summed E-state index contributed by atoms with van der Waals surface area (Å²) in [6.45, 7) is 2.54. The van der Waals surface area contributed by atoms with Crippen molar-refractivity contribution in [1.82, 2.24) is 0 Å². The Bertz CT molecular complexity index is 714. The zero-order chi connectivity index (χ0) is 18.5. The van der Waals surface area contributed by atoms with Crippen LogP contribution in [0.3, 0.4) is 0 Å². The number of piperidine rings is 1. The molecule has 2 heterocycles. The van der Waals surface area contributed by atoms with Crippen molar-refractivity contribution in [1.29, 1.82) is 5.26 Å². The van der Waals surface area contributed by atoms with Gasteiger partial charge in [-0.1, -0.05) is 0 Å². The number of amides is 1. The SMILES string of the molecule is COC(=O)C1CC[NH+](CCC(=O)Nc2sc3c(c2C#N)CCCC3)CC1. The summed E-state index contributed by atoms with van der Waals surface area (Å²) >= 11 is 1.57. The third kappa shape index (κ3) is 4.25. The number of rotatable bonds is 5. The van der Waals surface area contributed by atoms with Gasteiger partial charge in [-0.3, -0.25) is 9.59 Å². The number of likely N-dealkylation sites (tertiary alicyclic amines) is 1. The summed E-state index contributed by atoms with van der Waals surface area (Å²) in [5.74, 6) is -0.136. The quantitative estimate of drug-likeness (QED) is 0.759. The van der Waals surface area contributed by atoms with Crippen LogP contribution < -0.4 is 10.2 Å². The average Bonchev–Trinajstić information content (AvgIpc) is 3.03. The molecular formula is C19H26N3O3S+. The fourth-order valence-corrected chi connectivity index (χ4v) is 5.19. The maximum absolute atomic E-state index is 12.4. The number of thiophene rings is 1. The first-order chi connectivity index (χ1) is 12.6. The van der Waals surface area contributed by atoms with Crippen molar-refractivity contribution < 1.29 is 19.2 Å². The zero-order valence-corrected chi connectivity index (χ0v) is 16.0. The lowest BCUT2D eigenvalue weighted by atomic mass is 9.96. The van der Waals surface area contributed by atoms with E-state index in [9.17, 15) is 14.9 Å². The number of anilines is 1. The summed E-state index contributed by atoms with van der Waals surface area (Å²) in [5, 5.41) is 13.2. The first-order valence-corrected chi connectivity index (χ1v) is 10.2. The Morgan fingerprint density at radius 3 is 2.73 bits per heavy atom. The minimum absolute atomic E-state index is 0.00759. The van der Waals surface area contributed by atoms with Gasteiger partial charge < -0.3 is 15.0 Å². The molecule has 0 aromatic carbocycles. The molecule has 0 radical (unpaired) electrons. The summed E-state index contributed by atoms with van der Waals surface area (Å²) in [6, 6.07) is 2.28. The molecule has 0 bridgehead atoms. The molecule has 1 fully saturated rings. The predicted octanol–water partition coefficient (Wildman–Crippen LogP) is 1.30. The second kappa shape index (κ2) is 8.65. The summed E-state index contributed by atoms with van der Waals surface area (Å²) in [4.78, 5) is 26.5. The first-order valence-electron chi connectivity index (χ1n) is 9.38. The number of ether oxygens (including phenoxy) is 1. The molecule has 140 valence electrons. The van der Waals surface area contributed by atoms with Gasteiger partial charge >= 0.3 is 5.97 Å². The standard InChI is InChI=1S/C19H25N3O3S/c1-25-19(24)13-6-9-22(10-7-13)11-8-17(23)21-18-15(12-20)14-4-2-3-5-16(14)26-18/h13H,2-11H2,1H3,(H,21,23)/p+1. The van der Waals surface area contributed by atoms with E-state index in [-0.39, 0.29) is 17.8 Å². The topological polar surface area (TPSA) is 83.6 Å². The minimum Gasteiger partial charge on any atom is -0.469 e. The summed E-state index contributed by atoms with van der Waals surface area (Å²) in [7, 11) is 1.43. The molecule has 0 unspecified atom stereocenters. The van der Waals surface area contributed by atoms with Crippen molar-refractivity contribution >= 4 is 28.2 Å². The number of methoxy groups -OCH3 is 1. The molecule has 2 N–H and O–H groups in total. The second-order valence-electron chi connectivity index (χ2n) is 7.12. The lowest BCUT2D eigenvalue weighted by molar-refractivity contribution is -0.905. The number of aryl methyl sites for hydroxylation is 1. The van der Waals surface area contributed by atoms with Gasteiger partial charge in [0.15, 0.2) is 0 Å². The van der Waals surface area contributed by atoms with Crippen LogP contribution in [0.4, 0.5) is 5.00 Å². The molecule has 3 rings (SSSR count). The van der Waals surface area contributed by atoms with Crippen molar-refractivity contribution in [2.75, 3.05) is 32.1 Å². The number of quaternary nitrogens is 1. The van der Waals surface area contributed by atoms with Gasteiger partial charge in [0.05, 0.1) is 44.6 Å². The van der Waals surface area contributed by atoms with Gasteiger partial charge in [0.2, 0.25) is 5.91 Å². The van der Waals surface area contributed by atoms with E-state index in [2.05, 4.69) is 11.4 Å². The van der Waals surface area contributed by atoms with Gasteiger partial charge in [-0.25, -0.2) is 0 Å². The Balaban J connectivity index is 1.49. The normalized spacial score (nSPS) is 22.2. The molecule has 2 aliphatic rings. The largest absolute Gasteiger partial charge is 0.469 e. The van der Waals surface area contributed by atoms with E-state index in [4.69, 9.17) is 4.74 Å². The highest BCUT2D eigenvalue weighted by atomic mass is 32.1. The zero-order valence-electron chi connectivity index (χ0n) is 15.2. The highest BCUT2D eigenvalue weighted by Gasteiger charge is 2.28. The van der Waals surface area contributed by atoms with Gasteiger partial charge in [-0.05, 0) is 31.2 Å². The number of esters is 1. The van der Waals surface area contributed by atoms with Gasteiger partial charge in [0.1, 0.15) is 11.1 Å². The minimum atomic E-state index is -0.118. The van der Waals surface area contributed by atoms with Crippen LogP contribution in [0.1, 0.15) is 48.1 Å². The van der Waals surface area contributed by atoms with Crippen molar-refractivity contribution in [3.05, 3.63) is 16.0 Å². The van der Waals surface area contributed by atoms with Gasteiger partial charge in [-0.2, -0.15) is 5.26 Å². The van der Waals surface area contributed by atoms with Crippen molar-refractivity contribution in [3.8, 4) is 6.07 Å². The maximum Gasteiger partial charge on any atom is 0.309 e. The third-order valence-electron chi connectivity index (χ3n) is 5.47. The number of hydrogen-bond acceptors (Lipinski definition) is 5. The molecule has 1 saturated heterocycles. The molecule has 0 atom stereocenters. The summed E-state index contributed by atoms with van der Waals surface area (Å²) in [6.07, 6.45) is 6.33. The number of nitrogens with zero attached hydrogens (tertiary/aromatic N) is 1. The van der Waals surface area contributed by atoms with Crippen molar-refractivity contribution in [3.63, 3.8) is 0 Å². The average molecular weight is 377 g/mol. The van der Waals surface area contributed by atoms with Gasteiger partial charge in [0.25, 0.3) is 0 Å². The first kappa shape index (κ1) is 18.9.